The van der Waals surface area contributed by atoms with Gasteiger partial charge in [0.2, 0.25) is 0 Å². The molecule has 0 spiro atoms. The average Bonchev–Trinajstić information content (AvgIpc) is 3.23. The standard InChI is InChI=1S/C14H17NO2S/c16-14(13-9-18-7-6-15-13)10-2-1-3-12(8-10)17-11-4-5-11/h1-3,8,11,13,15H,4-7,9H2. The van der Waals surface area contributed by atoms with Gasteiger partial charge >= 0.3 is 0 Å². The Hall–Kier alpha value is -1.00. The van der Waals surface area contributed by atoms with E-state index in [-0.39, 0.29) is 11.8 Å². The molecule has 0 amide bonds. The quantitative estimate of drug-likeness (QED) is 0.844. The van der Waals surface area contributed by atoms with E-state index >= 15 is 0 Å². The lowest BCUT2D eigenvalue weighted by Crippen LogP contribution is -2.43. The fourth-order valence-corrected chi connectivity index (χ4v) is 2.97. The molecular formula is C14H17NO2S. The number of thioether (sulfide) groups is 1. The van der Waals surface area contributed by atoms with Gasteiger partial charge in [-0.3, -0.25) is 4.79 Å². The summed E-state index contributed by atoms with van der Waals surface area (Å²) in [6.45, 7) is 0.916. The van der Waals surface area contributed by atoms with Crippen molar-refractivity contribution in [3.63, 3.8) is 0 Å². The van der Waals surface area contributed by atoms with E-state index < -0.39 is 0 Å². The van der Waals surface area contributed by atoms with Crippen LogP contribution in [0.1, 0.15) is 23.2 Å². The molecule has 2 fully saturated rings. The molecule has 1 aromatic carbocycles. The van der Waals surface area contributed by atoms with Crippen LogP contribution >= 0.6 is 11.8 Å². The first-order valence-electron chi connectivity index (χ1n) is 6.45. The SMILES string of the molecule is O=C(c1cccc(OC2CC2)c1)C1CSCCN1. The summed E-state index contributed by atoms with van der Waals surface area (Å²) in [6.07, 6.45) is 2.65. The van der Waals surface area contributed by atoms with Crippen molar-refractivity contribution >= 4 is 17.5 Å². The van der Waals surface area contributed by atoms with Crippen LogP contribution in [0.4, 0.5) is 0 Å². The highest BCUT2D eigenvalue weighted by atomic mass is 32.2. The highest BCUT2D eigenvalue weighted by molar-refractivity contribution is 7.99. The zero-order chi connectivity index (χ0) is 12.4. The van der Waals surface area contributed by atoms with Crippen molar-refractivity contribution in [1.82, 2.24) is 5.32 Å². The maximum Gasteiger partial charge on any atom is 0.180 e. The first-order chi connectivity index (χ1) is 8.83. The molecule has 0 aromatic heterocycles. The highest BCUT2D eigenvalue weighted by Crippen LogP contribution is 2.27. The minimum atomic E-state index is -0.0417. The Morgan fingerprint density at radius 2 is 2.28 bits per heavy atom. The molecule has 1 aliphatic carbocycles. The molecule has 1 N–H and O–H groups in total. The number of nitrogens with one attached hydrogen (secondary N) is 1. The normalized spacial score (nSPS) is 23.7. The van der Waals surface area contributed by atoms with E-state index in [1.807, 2.05) is 36.0 Å². The Labute approximate surface area is 111 Å². The van der Waals surface area contributed by atoms with Gasteiger partial charge in [-0.25, -0.2) is 0 Å². The molecule has 3 nitrogen and oxygen atoms in total. The number of ether oxygens (including phenoxy) is 1. The molecule has 3 rings (SSSR count). The number of benzene rings is 1. The Balaban J connectivity index is 1.71. The molecule has 4 heteroatoms. The predicted molar refractivity (Wildman–Crippen MR) is 73.5 cm³/mol. The van der Waals surface area contributed by atoms with Crippen LogP contribution in [-0.4, -0.2) is 36.0 Å². The summed E-state index contributed by atoms with van der Waals surface area (Å²) >= 11 is 1.84. The molecule has 1 atom stereocenters. The predicted octanol–water partition coefficient (Wildman–Crippen LogP) is 2.12. The largest absolute Gasteiger partial charge is 0.490 e. The second kappa shape index (κ2) is 5.33. The highest BCUT2D eigenvalue weighted by Gasteiger charge is 2.25. The number of Topliss-reactive ketones (excluding diaryl/α,β-unsaturated/α-hetero) is 1. The van der Waals surface area contributed by atoms with Gasteiger partial charge in [-0.05, 0) is 25.0 Å². The molecule has 0 bridgehead atoms. The van der Waals surface area contributed by atoms with Crippen LogP contribution < -0.4 is 10.1 Å². The first kappa shape index (κ1) is 12.1. The van der Waals surface area contributed by atoms with Crippen LogP contribution in [0.2, 0.25) is 0 Å². The van der Waals surface area contributed by atoms with E-state index in [2.05, 4.69) is 5.32 Å². The number of hydrogen-bond donors (Lipinski definition) is 1. The van der Waals surface area contributed by atoms with E-state index in [4.69, 9.17) is 4.74 Å². The number of carbonyl (C=O) groups is 1. The fourth-order valence-electron chi connectivity index (χ4n) is 2.04. The van der Waals surface area contributed by atoms with Crippen molar-refractivity contribution in [2.75, 3.05) is 18.1 Å². The summed E-state index contributed by atoms with van der Waals surface area (Å²) in [6, 6.07) is 7.55. The zero-order valence-electron chi connectivity index (χ0n) is 10.2. The Morgan fingerprint density at radius 3 is 3.00 bits per heavy atom. The van der Waals surface area contributed by atoms with Crippen LogP contribution in [0.15, 0.2) is 24.3 Å². The molecule has 1 aliphatic heterocycles. The van der Waals surface area contributed by atoms with Crippen molar-refractivity contribution in [2.24, 2.45) is 0 Å². The number of hydrogen-bond acceptors (Lipinski definition) is 4. The summed E-state index contributed by atoms with van der Waals surface area (Å²) in [5.74, 6) is 2.97. The van der Waals surface area contributed by atoms with E-state index in [0.717, 1.165) is 42.2 Å². The van der Waals surface area contributed by atoms with E-state index in [0.29, 0.717) is 6.10 Å². The van der Waals surface area contributed by atoms with Gasteiger partial charge < -0.3 is 10.1 Å². The number of rotatable bonds is 4. The third kappa shape index (κ3) is 2.87. The van der Waals surface area contributed by atoms with Crippen molar-refractivity contribution < 1.29 is 9.53 Å². The molecule has 1 saturated heterocycles. The fraction of sp³-hybridized carbons (Fsp3) is 0.500. The van der Waals surface area contributed by atoms with E-state index in [1.54, 1.807) is 0 Å². The third-order valence-electron chi connectivity index (χ3n) is 3.18. The van der Waals surface area contributed by atoms with Gasteiger partial charge in [0, 0.05) is 23.6 Å². The van der Waals surface area contributed by atoms with Gasteiger partial charge in [0.15, 0.2) is 5.78 Å². The van der Waals surface area contributed by atoms with Crippen molar-refractivity contribution in [2.45, 2.75) is 25.0 Å². The van der Waals surface area contributed by atoms with Gasteiger partial charge in [-0.1, -0.05) is 12.1 Å². The van der Waals surface area contributed by atoms with Crippen molar-refractivity contribution in [3.05, 3.63) is 29.8 Å². The van der Waals surface area contributed by atoms with Gasteiger partial charge in [0.05, 0.1) is 12.1 Å². The molecule has 1 saturated carbocycles. The smallest absolute Gasteiger partial charge is 0.180 e. The minimum Gasteiger partial charge on any atom is -0.490 e. The van der Waals surface area contributed by atoms with Crippen molar-refractivity contribution in [3.8, 4) is 5.75 Å². The summed E-state index contributed by atoms with van der Waals surface area (Å²) in [7, 11) is 0. The molecule has 0 radical (unpaired) electrons. The van der Waals surface area contributed by atoms with Crippen LogP contribution in [0.25, 0.3) is 0 Å². The second-order valence-electron chi connectivity index (χ2n) is 4.79. The molecule has 18 heavy (non-hydrogen) atoms. The lowest BCUT2D eigenvalue weighted by molar-refractivity contribution is 0.0952. The van der Waals surface area contributed by atoms with Gasteiger partial charge in [-0.2, -0.15) is 11.8 Å². The van der Waals surface area contributed by atoms with E-state index in [1.165, 1.54) is 0 Å². The van der Waals surface area contributed by atoms with Crippen LogP contribution in [0.5, 0.6) is 5.75 Å². The van der Waals surface area contributed by atoms with Crippen molar-refractivity contribution in [1.29, 1.82) is 0 Å². The maximum atomic E-state index is 12.3. The van der Waals surface area contributed by atoms with Crippen LogP contribution in [0.3, 0.4) is 0 Å². The summed E-state index contributed by atoms with van der Waals surface area (Å²) in [4.78, 5) is 12.3. The van der Waals surface area contributed by atoms with Gasteiger partial charge in [-0.15, -0.1) is 0 Å². The zero-order valence-corrected chi connectivity index (χ0v) is 11.0. The molecule has 1 heterocycles. The Kier molecular flexibility index (Phi) is 3.57. The molecule has 2 aliphatic rings. The average molecular weight is 263 g/mol. The van der Waals surface area contributed by atoms with Crippen LogP contribution in [-0.2, 0) is 0 Å². The molecular weight excluding hydrogens is 246 g/mol. The molecule has 1 unspecified atom stereocenters. The summed E-state index contributed by atoms with van der Waals surface area (Å²) < 4.78 is 5.73. The minimum absolute atomic E-state index is 0.0417. The van der Waals surface area contributed by atoms with Gasteiger partial charge in [0.1, 0.15) is 5.75 Å². The monoisotopic (exact) mass is 263 g/mol. The summed E-state index contributed by atoms with van der Waals surface area (Å²) in [5, 5.41) is 3.28. The third-order valence-corrected chi connectivity index (χ3v) is 4.25. The maximum absolute atomic E-state index is 12.3. The Morgan fingerprint density at radius 1 is 1.39 bits per heavy atom. The lowest BCUT2D eigenvalue weighted by Gasteiger charge is -2.22. The second-order valence-corrected chi connectivity index (χ2v) is 5.94. The number of ketones is 1. The molecule has 96 valence electrons. The topological polar surface area (TPSA) is 38.3 Å². The summed E-state index contributed by atoms with van der Waals surface area (Å²) in [5.41, 5.74) is 0.758. The van der Waals surface area contributed by atoms with Gasteiger partial charge in [0.25, 0.3) is 0 Å². The van der Waals surface area contributed by atoms with E-state index in [9.17, 15) is 4.79 Å². The van der Waals surface area contributed by atoms with Crippen LogP contribution in [0, 0.1) is 0 Å². The number of carbonyl (C=O) groups excluding carboxylic acids is 1. The lowest BCUT2D eigenvalue weighted by atomic mass is 10.0. The molecule has 1 aromatic rings. The first-order valence-corrected chi connectivity index (χ1v) is 7.60. The Bertz CT molecular complexity index is 439.